The maximum Gasteiger partial charge on any atom is 0.246 e. The first-order valence-electron chi connectivity index (χ1n) is 6.58. The molecule has 1 saturated heterocycles. The Labute approximate surface area is 117 Å². The van der Waals surface area contributed by atoms with Crippen LogP contribution in [0.4, 0.5) is 0 Å². The van der Waals surface area contributed by atoms with Crippen molar-refractivity contribution >= 4 is 11.8 Å². The molecule has 1 unspecified atom stereocenters. The molecule has 0 radical (unpaired) electrons. The van der Waals surface area contributed by atoms with Gasteiger partial charge < -0.3 is 10.2 Å². The average molecular weight is 280 g/mol. The van der Waals surface area contributed by atoms with E-state index in [0.29, 0.717) is 18.8 Å². The molecule has 2 amide bonds. The molecule has 0 aromatic carbocycles. The summed E-state index contributed by atoms with van der Waals surface area (Å²) in [5.41, 5.74) is -0.342. The van der Waals surface area contributed by atoms with Gasteiger partial charge >= 0.3 is 0 Å². The van der Waals surface area contributed by atoms with Gasteiger partial charge in [0.05, 0.1) is 13.6 Å². The van der Waals surface area contributed by atoms with Crippen molar-refractivity contribution < 1.29 is 9.59 Å². The van der Waals surface area contributed by atoms with Crippen molar-refractivity contribution in [2.24, 2.45) is 12.5 Å². The molecule has 1 atom stereocenters. The lowest BCUT2D eigenvalue weighted by Gasteiger charge is -2.31. The van der Waals surface area contributed by atoms with Gasteiger partial charge in [0.1, 0.15) is 6.04 Å². The lowest BCUT2D eigenvalue weighted by molar-refractivity contribution is -0.137. The Morgan fingerprint density at radius 3 is 2.60 bits per heavy atom. The van der Waals surface area contributed by atoms with Crippen molar-refractivity contribution in [1.82, 2.24) is 30.4 Å². The van der Waals surface area contributed by atoms with Gasteiger partial charge in [0.25, 0.3) is 0 Å². The monoisotopic (exact) mass is 280 g/mol. The molecule has 0 spiro atoms. The summed E-state index contributed by atoms with van der Waals surface area (Å²) in [4.78, 5) is 27.3. The fraction of sp³-hybridized carbons (Fsp3) is 0.750. The minimum absolute atomic E-state index is 0.101. The van der Waals surface area contributed by atoms with Gasteiger partial charge in [-0.3, -0.25) is 9.59 Å². The molecule has 20 heavy (non-hydrogen) atoms. The van der Waals surface area contributed by atoms with E-state index in [4.69, 9.17) is 0 Å². The number of amides is 2. The van der Waals surface area contributed by atoms with Gasteiger partial charge in [0.2, 0.25) is 11.8 Å². The number of hydrogen-bond acceptors (Lipinski definition) is 5. The van der Waals surface area contributed by atoms with Crippen LogP contribution in [0.15, 0.2) is 0 Å². The lowest BCUT2D eigenvalue weighted by Crippen LogP contribution is -2.51. The molecule has 2 heterocycles. The normalized spacial score (nSPS) is 20.8. The third-order valence-corrected chi connectivity index (χ3v) is 3.22. The van der Waals surface area contributed by atoms with E-state index in [1.165, 1.54) is 4.80 Å². The van der Waals surface area contributed by atoms with E-state index < -0.39 is 6.04 Å². The van der Waals surface area contributed by atoms with Crippen molar-refractivity contribution in [2.75, 3.05) is 6.54 Å². The Morgan fingerprint density at radius 2 is 2.05 bits per heavy atom. The highest BCUT2D eigenvalue weighted by Gasteiger charge is 2.38. The predicted molar refractivity (Wildman–Crippen MR) is 70.2 cm³/mol. The average Bonchev–Trinajstić information content (AvgIpc) is 2.68. The van der Waals surface area contributed by atoms with E-state index in [0.717, 1.165) is 0 Å². The Bertz CT molecular complexity index is 518. The number of carbonyl (C=O) groups excluding carboxylic acids is 2. The van der Waals surface area contributed by atoms with Crippen LogP contribution in [0.5, 0.6) is 0 Å². The van der Waals surface area contributed by atoms with E-state index in [1.54, 1.807) is 11.9 Å². The number of hydrogen-bond donors (Lipinski definition) is 1. The Hall–Kier alpha value is -1.99. The Balaban J connectivity index is 2.19. The van der Waals surface area contributed by atoms with Crippen molar-refractivity contribution in [3.63, 3.8) is 0 Å². The minimum atomic E-state index is -0.533. The first-order valence-corrected chi connectivity index (χ1v) is 6.58. The third kappa shape index (κ3) is 3.12. The van der Waals surface area contributed by atoms with Crippen molar-refractivity contribution in [2.45, 2.75) is 39.8 Å². The molecule has 1 aliphatic rings. The van der Waals surface area contributed by atoms with Crippen LogP contribution in [0, 0.1) is 5.41 Å². The van der Waals surface area contributed by atoms with Gasteiger partial charge in [-0.2, -0.15) is 4.80 Å². The van der Waals surface area contributed by atoms with Crippen LogP contribution in [0.2, 0.25) is 0 Å². The predicted octanol–water partition coefficient (Wildman–Crippen LogP) is -0.527. The van der Waals surface area contributed by atoms with Gasteiger partial charge in [-0.15, -0.1) is 10.2 Å². The largest absolute Gasteiger partial charge is 0.344 e. The fourth-order valence-corrected chi connectivity index (χ4v) is 2.13. The van der Waals surface area contributed by atoms with Crippen LogP contribution in [0.3, 0.4) is 0 Å². The first kappa shape index (κ1) is 14.4. The summed E-state index contributed by atoms with van der Waals surface area (Å²) in [6, 6.07) is -0.533. The second-order valence-electron chi connectivity index (χ2n) is 6.07. The maximum absolute atomic E-state index is 12.6. The first-order chi connectivity index (χ1) is 9.27. The number of nitrogens with one attached hydrogen (secondary N) is 1. The fourth-order valence-electron chi connectivity index (χ4n) is 2.13. The van der Waals surface area contributed by atoms with E-state index in [9.17, 15) is 9.59 Å². The van der Waals surface area contributed by atoms with Crippen LogP contribution in [0.1, 0.15) is 33.0 Å². The van der Waals surface area contributed by atoms with Crippen LogP contribution < -0.4 is 5.32 Å². The van der Waals surface area contributed by atoms with Crippen LogP contribution in [-0.4, -0.2) is 49.5 Å². The Kier molecular flexibility index (Phi) is 3.74. The topological polar surface area (TPSA) is 93.0 Å². The summed E-state index contributed by atoms with van der Waals surface area (Å²) in [5, 5.41) is 14.5. The number of aryl methyl sites for hydroxylation is 1. The molecule has 8 nitrogen and oxygen atoms in total. The SMILES string of the molecule is Cn1nnc(CN2CCC(=O)NC(C(C)(C)C)C2=O)n1. The van der Waals surface area contributed by atoms with Gasteiger partial charge in [-0.1, -0.05) is 20.8 Å². The number of tetrazole rings is 1. The molecule has 1 aliphatic heterocycles. The summed E-state index contributed by atoms with van der Waals surface area (Å²) < 4.78 is 0. The minimum Gasteiger partial charge on any atom is -0.344 e. The Morgan fingerprint density at radius 1 is 1.35 bits per heavy atom. The molecule has 0 bridgehead atoms. The van der Waals surface area contributed by atoms with E-state index in [-0.39, 0.29) is 23.8 Å². The summed E-state index contributed by atoms with van der Waals surface area (Å²) in [5.74, 6) is 0.270. The summed E-state index contributed by atoms with van der Waals surface area (Å²) in [6.45, 7) is 6.43. The maximum atomic E-state index is 12.6. The van der Waals surface area contributed by atoms with Crippen LogP contribution in [-0.2, 0) is 23.2 Å². The van der Waals surface area contributed by atoms with Gasteiger partial charge in [0.15, 0.2) is 5.82 Å². The van der Waals surface area contributed by atoms with E-state index in [2.05, 4.69) is 20.7 Å². The number of aromatic nitrogens is 4. The highest BCUT2D eigenvalue weighted by Crippen LogP contribution is 2.23. The van der Waals surface area contributed by atoms with E-state index >= 15 is 0 Å². The smallest absolute Gasteiger partial charge is 0.246 e. The lowest BCUT2D eigenvalue weighted by atomic mass is 9.86. The van der Waals surface area contributed by atoms with Crippen molar-refractivity contribution in [1.29, 1.82) is 0 Å². The highest BCUT2D eigenvalue weighted by atomic mass is 16.2. The molecule has 110 valence electrons. The number of rotatable bonds is 2. The third-order valence-electron chi connectivity index (χ3n) is 3.22. The van der Waals surface area contributed by atoms with Gasteiger partial charge in [-0.05, 0) is 10.6 Å². The van der Waals surface area contributed by atoms with Crippen molar-refractivity contribution in [3.05, 3.63) is 5.82 Å². The van der Waals surface area contributed by atoms with Crippen molar-refractivity contribution in [3.8, 4) is 0 Å². The number of nitrogens with zero attached hydrogens (tertiary/aromatic N) is 5. The quantitative estimate of drug-likeness (QED) is 0.786. The molecule has 8 heteroatoms. The molecule has 1 aromatic heterocycles. The molecule has 1 aromatic rings. The number of carbonyl (C=O) groups is 2. The van der Waals surface area contributed by atoms with Gasteiger partial charge in [0, 0.05) is 13.0 Å². The van der Waals surface area contributed by atoms with E-state index in [1.807, 2.05) is 20.8 Å². The molecule has 2 rings (SSSR count). The van der Waals surface area contributed by atoms with Crippen LogP contribution in [0.25, 0.3) is 0 Å². The standard InChI is InChI=1S/C12H20N6O2/c1-12(2,3)10-11(20)18(6-5-9(19)13-10)7-8-14-16-17(4)15-8/h10H,5-7H2,1-4H3,(H,13,19). The second kappa shape index (κ2) is 5.18. The molecular formula is C12H20N6O2. The summed E-state index contributed by atoms with van der Waals surface area (Å²) in [7, 11) is 1.67. The zero-order valence-electron chi connectivity index (χ0n) is 12.3. The molecule has 1 N–H and O–H groups in total. The molecule has 0 aliphatic carbocycles. The summed E-state index contributed by atoms with van der Waals surface area (Å²) >= 11 is 0. The second-order valence-corrected chi connectivity index (χ2v) is 6.07. The molecule has 0 saturated carbocycles. The van der Waals surface area contributed by atoms with Gasteiger partial charge in [-0.25, -0.2) is 0 Å². The zero-order chi connectivity index (χ0) is 14.9. The summed E-state index contributed by atoms with van der Waals surface area (Å²) in [6.07, 6.45) is 0.290. The zero-order valence-corrected chi connectivity index (χ0v) is 12.3. The molecule has 1 fully saturated rings. The highest BCUT2D eigenvalue weighted by molar-refractivity contribution is 5.90. The molecular weight excluding hydrogens is 260 g/mol. The van der Waals surface area contributed by atoms with Crippen LogP contribution >= 0.6 is 0 Å².